The number of rotatable bonds is 3. The first-order valence-corrected chi connectivity index (χ1v) is 7.54. The van der Waals surface area contributed by atoms with Crippen molar-refractivity contribution in [3.63, 3.8) is 0 Å². The lowest BCUT2D eigenvalue weighted by Gasteiger charge is -2.31. The van der Waals surface area contributed by atoms with Crippen molar-refractivity contribution in [3.05, 3.63) is 0 Å². The summed E-state index contributed by atoms with van der Waals surface area (Å²) in [7, 11) is 0. The first-order chi connectivity index (χ1) is 8.70. The monoisotopic (exact) mass is 271 g/mol. The number of nitrogens with one attached hydrogen (secondary N) is 1. The van der Waals surface area contributed by atoms with E-state index in [1.165, 1.54) is 0 Å². The van der Waals surface area contributed by atoms with Crippen LogP contribution in [0.2, 0.25) is 0 Å². The van der Waals surface area contributed by atoms with Gasteiger partial charge in [0.2, 0.25) is 5.91 Å². The van der Waals surface area contributed by atoms with Crippen LogP contribution in [0, 0.1) is 11.8 Å². The van der Waals surface area contributed by atoms with Crippen LogP contribution in [0.25, 0.3) is 0 Å². The molecule has 0 aromatic carbocycles. The van der Waals surface area contributed by atoms with Crippen molar-refractivity contribution >= 4 is 23.8 Å². The number of alkyl halides is 1. The quantitative estimate of drug-likeness (QED) is 0.634. The molecule has 18 heavy (non-hydrogen) atoms. The maximum atomic E-state index is 12.2. The average molecular weight is 272 g/mol. The van der Waals surface area contributed by atoms with E-state index < -0.39 is 0 Å². The van der Waals surface area contributed by atoms with Crippen LogP contribution in [0.5, 0.6) is 0 Å². The number of amides is 1. The molecule has 0 bridgehead atoms. The molecule has 0 spiro atoms. The minimum absolute atomic E-state index is 0.00999. The summed E-state index contributed by atoms with van der Waals surface area (Å²) >= 11 is 6.23. The maximum absolute atomic E-state index is 12.2. The lowest BCUT2D eigenvalue weighted by Crippen LogP contribution is -2.44. The number of hydrogen-bond acceptors (Lipinski definition) is 2. The van der Waals surface area contributed by atoms with E-state index in [0.29, 0.717) is 0 Å². The van der Waals surface area contributed by atoms with E-state index in [9.17, 15) is 9.59 Å². The number of carbonyl (C=O) groups is 2. The van der Waals surface area contributed by atoms with Gasteiger partial charge in [0.15, 0.2) is 0 Å². The summed E-state index contributed by atoms with van der Waals surface area (Å²) in [4.78, 5) is 23.0. The fourth-order valence-corrected chi connectivity index (χ4v) is 3.57. The second-order valence-corrected chi connectivity index (χ2v) is 6.24. The van der Waals surface area contributed by atoms with Crippen LogP contribution >= 0.6 is 11.6 Å². The van der Waals surface area contributed by atoms with Crippen LogP contribution in [0.4, 0.5) is 0 Å². The molecule has 3 nitrogen and oxygen atoms in total. The van der Waals surface area contributed by atoms with E-state index in [2.05, 4.69) is 5.32 Å². The Balaban J connectivity index is 1.84. The van der Waals surface area contributed by atoms with E-state index in [1.807, 2.05) is 0 Å². The topological polar surface area (TPSA) is 46.2 Å². The summed E-state index contributed by atoms with van der Waals surface area (Å²) in [5, 5.41) is 3.09. The summed E-state index contributed by atoms with van der Waals surface area (Å²) in [5.41, 5.74) is 0. The van der Waals surface area contributed by atoms with E-state index in [-0.39, 0.29) is 29.2 Å². The normalized spacial score (nSPS) is 36.9. The van der Waals surface area contributed by atoms with Crippen molar-refractivity contribution in [1.82, 2.24) is 5.32 Å². The lowest BCUT2D eigenvalue weighted by molar-refractivity contribution is -0.127. The summed E-state index contributed by atoms with van der Waals surface area (Å²) in [6.45, 7) is 0. The van der Waals surface area contributed by atoms with Gasteiger partial charge in [-0.25, -0.2) is 0 Å². The van der Waals surface area contributed by atoms with Gasteiger partial charge in [-0.15, -0.1) is 11.6 Å². The number of hydrogen-bond donors (Lipinski definition) is 1. The van der Waals surface area contributed by atoms with Gasteiger partial charge in [0.05, 0.1) is 5.92 Å². The molecular formula is C14H22ClNO2. The van der Waals surface area contributed by atoms with Gasteiger partial charge in [-0.3, -0.25) is 4.79 Å². The fourth-order valence-electron chi connectivity index (χ4n) is 3.17. The van der Waals surface area contributed by atoms with Crippen molar-refractivity contribution in [2.75, 3.05) is 0 Å². The predicted octanol–water partition coefficient (Wildman–Crippen LogP) is 2.66. The molecule has 1 N–H and O–H groups in total. The van der Waals surface area contributed by atoms with Crippen LogP contribution in [0.1, 0.15) is 51.4 Å². The summed E-state index contributed by atoms with van der Waals surface area (Å²) in [6, 6.07) is 0.173. The molecule has 2 rings (SSSR count). The second-order valence-electron chi connectivity index (χ2n) is 5.68. The molecule has 0 saturated heterocycles. The highest BCUT2D eigenvalue weighted by Gasteiger charge is 2.31. The van der Waals surface area contributed by atoms with Crippen LogP contribution in [0.3, 0.4) is 0 Å². The van der Waals surface area contributed by atoms with Gasteiger partial charge in [-0.1, -0.05) is 19.3 Å². The summed E-state index contributed by atoms with van der Waals surface area (Å²) < 4.78 is 0. The fraction of sp³-hybridized carbons (Fsp3) is 0.857. The van der Waals surface area contributed by atoms with E-state index in [0.717, 1.165) is 57.7 Å². The van der Waals surface area contributed by atoms with Crippen molar-refractivity contribution in [3.8, 4) is 0 Å². The Morgan fingerprint density at radius 1 is 1.11 bits per heavy atom. The molecule has 2 aliphatic rings. The van der Waals surface area contributed by atoms with E-state index in [1.54, 1.807) is 0 Å². The molecule has 0 aromatic heterocycles. The first kappa shape index (κ1) is 13.9. The summed E-state index contributed by atoms with van der Waals surface area (Å²) in [6.07, 6.45) is 8.91. The van der Waals surface area contributed by atoms with Crippen LogP contribution in [0.15, 0.2) is 0 Å². The number of carbonyl (C=O) groups excluding carboxylic acids is 2. The van der Waals surface area contributed by atoms with Crippen molar-refractivity contribution in [2.45, 2.75) is 62.8 Å². The molecule has 0 heterocycles. The SMILES string of the molecule is O=CC1CCCC(NC(=O)C2CCCCC2Cl)C1. The zero-order chi connectivity index (χ0) is 13.0. The minimum Gasteiger partial charge on any atom is -0.353 e. The standard InChI is InChI=1S/C14H22ClNO2/c15-13-7-2-1-6-12(13)14(18)16-11-5-3-4-10(8-11)9-17/h9-13H,1-8H2,(H,16,18). The molecule has 2 saturated carbocycles. The van der Waals surface area contributed by atoms with Gasteiger partial charge in [0.1, 0.15) is 6.29 Å². The van der Waals surface area contributed by atoms with Crippen LogP contribution in [-0.2, 0) is 9.59 Å². The third kappa shape index (κ3) is 3.47. The van der Waals surface area contributed by atoms with E-state index in [4.69, 9.17) is 11.6 Å². The Morgan fingerprint density at radius 3 is 2.61 bits per heavy atom. The molecule has 2 fully saturated rings. The highest BCUT2D eigenvalue weighted by atomic mass is 35.5. The molecular weight excluding hydrogens is 250 g/mol. The molecule has 0 aromatic rings. The van der Waals surface area contributed by atoms with Crippen molar-refractivity contribution < 1.29 is 9.59 Å². The highest BCUT2D eigenvalue weighted by molar-refractivity contribution is 6.22. The Morgan fingerprint density at radius 2 is 1.89 bits per heavy atom. The molecule has 2 aliphatic carbocycles. The van der Waals surface area contributed by atoms with E-state index >= 15 is 0 Å². The Hall–Kier alpha value is -0.570. The second kappa shape index (κ2) is 6.55. The van der Waals surface area contributed by atoms with Crippen LogP contribution < -0.4 is 5.32 Å². The van der Waals surface area contributed by atoms with Crippen LogP contribution in [-0.4, -0.2) is 23.6 Å². The maximum Gasteiger partial charge on any atom is 0.224 e. The number of aldehydes is 1. The Labute approximate surface area is 114 Å². The van der Waals surface area contributed by atoms with Gasteiger partial charge in [0.25, 0.3) is 0 Å². The predicted molar refractivity (Wildman–Crippen MR) is 71.6 cm³/mol. The molecule has 1 amide bonds. The average Bonchev–Trinajstić information content (AvgIpc) is 2.39. The molecule has 4 atom stereocenters. The number of halogens is 1. The van der Waals surface area contributed by atoms with Gasteiger partial charge in [0, 0.05) is 17.3 Å². The lowest BCUT2D eigenvalue weighted by atomic mass is 9.85. The smallest absolute Gasteiger partial charge is 0.224 e. The molecule has 0 aliphatic heterocycles. The largest absolute Gasteiger partial charge is 0.353 e. The third-order valence-electron chi connectivity index (χ3n) is 4.27. The zero-order valence-corrected chi connectivity index (χ0v) is 11.5. The molecule has 0 radical (unpaired) electrons. The van der Waals surface area contributed by atoms with Crippen molar-refractivity contribution in [2.24, 2.45) is 11.8 Å². The van der Waals surface area contributed by atoms with Gasteiger partial charge >= 0.3 is 0 Å². The first-order valence-electron chi connectivity index (χ1n) is 7.10. The zero-order valence-electron chi connectivity index (χ0n) is 10.7. The van der Waals surface area contributed by atoms with Gasteiger partial charge < -0.3 is 10.1 Å². The Kier molecular flexibility index (Phi) is 5.04. The Bertz CT molecular complexity index is 308. The summed E-state index contributed by atoms with van der Waals surface area (Å²) in [5.74, 6) is 0.200. The third-order valence-corrected chi connectivity index (χ3v) is 4.79. The minimum atomic E-state index is -0.0305. The molecule has 4 unspecified atom stereocenters. The van der Waals surface area contributed by atoms with Crippen molar-refractivity contribution in [1.29, 1.82) is 0 Å². The van der Waals surface area contributed by atoms with Gasteiger partial charge in [-0.2, -0.15) is 0 Å². The highest BCUT2D eigenvalue weighted by Crippen LogP contribution is 2.30. The van der Waals surface area contributed by atoms with Gasteiger partial charge in [-0.05, 0) is 32.1 Å². The molecule has 102 valence electrons. The molecule has 4 heteroatoms.